The summed E-state index contributed by atoms with van der Waals surface area (Å²) in [6.45, 7) is 2.84. The van der Waals surface area contributed by atoms with E-state index in [1.807, 2.05) is 54.6 Å². The molecule has 1 N–H and O–H groups in total. The van der Waals surface area contributed by atoms with Crippen LogP contribution in [-0.2, 0) is 11.2 Å². The number of amides is 1. The average Bonchev–Trinajstić information content (AvgIpc) is 2.87. The molecule has 172 valence electrons. The number of piperidine rings is 1. The van der Waals surface area contributed by atoms with E-state index < -0.39 is 0 Å². The van der Waals surface area contributed by atoms with E-state index >= 15 is 0 Å². The number of ether oxygens (including phenoxy) is 1. The van der Waals surface area contributed by atoms with Crippen LogP contribution >= 0.6 is 11.6 Å². The van der Waals surface area contributed by atoms with E-state index in [9.17, 15) is 4.79 Å². The molecule has 4 rings (SSSR count). The van der Waals surface area contributed by atoms with Crippen molar-refractivity contribution in [2.45, 2.75) is 25.3 Å². The Hall–Kier alpha value is -2.89. The lowest BCUT2D eigenvalue weighted by atomic mass is 9.94. The van der Waals surface area contributed by atoms with Gasteiger partial charge in [-0.1, -0.05) is 41.9 Å². The molecule has 33 heavy (non-hydrogen) atoms. The molecule has 3 aromatic rings. The van der Waals surface area contributed by atoms with Gasteiger partial charge in [0.05, 0.1) is 18.8 Å². The molecule has 1 unspecified atom stereocenters. The average molecular weight is 464 g/mol. The van der Waals surface area contributed by atoms with Crippen molar-refractivity contribution in [1.29, 1.82) is 0 Å². The van der Waals surface area contributed by atoms with Crippen molar-refractivity contribution in [3.05, 3.63) is 94.8 Å². The number of rotatable bonds is 8. The molecule has 0 aliphatic carbocycles. The highest BCUT2D eigenvalue weighted by molar-refractivity contribution is 6.30. The topological polar surface area (TPSA) is 54.5 Å². The third-order valence-corrected chi connectivity index (χ3v) is 6.53. The molecule has 0 radical (unpaired) electrons. The molecule has 1 amide bonds. The van der Waals surface area contributed by atoms with Crippen LogP contribution < -0.4 is 10.1 Å². The maximum atomic E-state index is 13.2. The highest BCUT2D eigenvalue weighted by Crippen LogP contribution is 2.25. The first-order chi connectivity index (χ1) is 16.1. The van der Waals surface area contributed by atoms with Gasteiger partial charge in [0.15, 0.2) is 0 Å². The molecule has 1 saturated heterocycles. The van der Waals surface area contributed by atoms with Gasteiger partial charge in [0.1, 0.15) is 5.75 Å². The van der Waals surface area contributed by atoms with Crippen LogP contribution in [0.4, 0.5) is 0 Å². The number of nitrogens with one attached hydrogen (secondary N) is 1. The fraction of sp³-hybridized carbons (Fsp3) is 0.333. The Morgan fingerprint density at radius 2 is 1.91 bits per heavy atom. The van der Waals surface area contributed by atoms with Gasteiger partial charge >= 0.3 is 0 Å². The molecule has 2 heterocycles. The van der Waals surface area contributed by atoms with Crippen LogP contribution in [0.25, 0.3) is 0 Å². The molecule has 1 aliphatic rings. The Morgan fingerprint density at radius 1 is 1.12 bits per heavy atom. The maximum absolute atomic E-state index is 13.2. The normalized spacial score (nSPS) is 15.7. The van der Waals surface area contributed by atoms with Gasteiger partial charge in [0.2, 0.25) is 5.91 Å². The molecule has 6 heteroatoms. The quantitative estimate of drug-likeness (QED) is 0.516. The second-order valence-corrected chi connectivity index (χ2v) is 8.90. The van der Waals surface area contributed by atoms with E-state index in [-0.39, 0.29) is 17.9 Å². The monoisotopic (exact) mass is 463 g/mol. The smallest absolute Gasteiger partial charge is 0.224 e. The third-order valence-electron chi connectivity index (χ3n) is 6.28. The van der Waals surface area contributed by atoms with Gasteiger partial charge in [-0.25, -0.2) is 0 Å². The third kappa shape index (κ3) is 6.34. The van der Waals surface area contributed by atoms with Gasteiger partial charge < -0.3 is 15.0 Å². The number of benzene rings is 2. The number of methoxy groups -OCH3 is 1. The Kier molecular flexibility index (Phi) is 7.97. The number of hydrogen-bond donors (Lipinski definition) is 1. The van der Waals surface area contributed by atoms with Crippen LogP contribution in [0.15, 0.2) is 72.9 Å². The number of hydrogen-bond acceptors (Lipinski definition) is 4. The fourth-order valence-corrected chi connectivity index (χ4v) is 4.45. The van der Waals surface area contributed by atoms with Crippen LogP contribution in [0.2, 0.25) is 5.02 Å². The lowest BCUT2D eigenvalue weighted by molar-refractivity contribution is -0.127. The predicted molar refractivity (Wildman–Crippen MR) is 132 cm³/mol. The Balaban J connectivity index is 1.33. The molecule has 1 fully saturated rings. The number of pyridine rings is 1. The molecular weight excluding hydrogens is 434 g/mol. The Bertz CT molecular complexity index is 1030. The molecular formula is C27H30ClN3O2. The van der Waals surface area contributed by atoms with Crippen molar-refractivity contribution in [2.75, 3.05) is 26.7 Å². The van der Waals surface area contributed by atoms with E-state index in [4.69, 9.17) is 16.3 Å². The van der Waals surface area contributed by atoms with E-state index in [0.29, 0.717) is 5.02 Å². The summed E-state index contributed by atoms with van der Waals surface area (Å²) in [4.78, 5) is 20.1. The van der Waals surface area contributed by atoms with Gasteiger partial charge in [-0.2, -0.15) is 0 Å². The molecule has 0 bridgehead atoms. The minimum absolute atomic E-state index is 0.0107. The van der Waals surface area contributed by atoms with Crippen LogP contribution in [0, 0.1) is 5.92 Å². The number of carbonyl (C=O) groups excluding carboxylic acids is 1. The first kappa shape index (κ1) is 23.3. The summed E-state index contributed by atoms with van der Waals surface area (Å²) in [5.74, 6) is 0.996. The van der Waals surface area contributed by atoms with E-state index in [1.54, 1.807) is 13.3 Å². The molecule has 0 spiro atoms. The first-order valence-corrected chi connectivity index (χ1v) is 11.8. The summed E-state index contributed by atoms with van der Waals surface area (Å²) in [7, 11) is 1.69. The van der Waals surface area contributed by atoms with Gasteiger partial charge in [0, 0.05) is 23.7 Å². The van der Waals surface area contributed by atoms with Crippen LogP contribution in [0.3, 0.4) is 0 Å². The minimum Gasteiger partial charge on any atom is -0.497 e. The lowest BCUT2D eigenvalue weighted by Gasteiger charge is -2.32. The van der Waals surface area contributed by atoms with Crippen LogP contribution in [-0.4, -0.2) is 42.5 Å². The molecule has 1 atom stereocenters. The number of carbonyl (C=O) groups is 1. The predicted octanol–water partition coefficient (Wildman–Crippen LogP) is 4.90. The van der Waals surface area contributed by atoms with Gasteiger partial charge in [-0.3, -0.25) is 9.78 Å². The van der Waals surface area contributed by atoms with Gasteiger partial charge in [-0.15, -0.1) is 0 Å². The molecule has 5 nitrogen and oxygen atoms in total. The maximum Gasteiger partial charge on any atom is 0.224 e. The highest BCUT2D eigenvalue weighted by atomic mass is 35.5. The zero-order valence-electron chi connectivity index (χ0n) is 18.9. The molecule has 1 aromatic heterocycles. The molecule has 0 saturated carbocycles. The largest absolute Gasteiger partial charge is 0.497 e. The summed E-state index contributed by atoms with van der Waals surface area (Å²) in [5, 5.41) is 3.92. The van der Waals surface area contributed by atoms with E-state index in [0.717, 1.165) is 55.9 Å². The molecule has 2 aromatic carbocycles. The van der Waals surface area contributed by atoms with E-state index in [2.05, 4.69) is 27.3 Å². The molecule has 1 aliphatic heterocycles. The van der Waals surface area contributed by atoms with Gasteiger partial charge in [-0.05, 0) is 79.9 Å². The fourth-order valence-electron chi connectivity index (χ4n) is 4.32. The van der Waals surface area contributed by atoms with Crippen molar-refractivity contribution in [2.24, 2.45) is 5.92 Å². The number of aromatic nitrogens is 1. The minimum atomic E-state index is -0.290. The van der Waals surface area contributed by atoms with E-state index in [1.165, 1.54) is 5.56 Å². The highest BCUT2D eigenvalue weighted by Gasteiger charge is 2.27. The number of nitrogens with zero attached hydrogens (tertiary/aromatic N) is 2. The van der Waals surface area contributed by atoms with Crippen molar-refractivity contribution in [1.82, 2.24) is 15.2 Å². The SMILES string of the molecule is COc1cccc(CCN2CCC(C(=O)NC(c3ccc(Cl)cc3)c3ccccn3)CC2)c1. The Labute approximate surface area is 200 Å². The number of halogens is 1. The summed E-state index contributed by atoms with van der Waals surface area (Å²) < 4.78 is 5.32. The number of likely N-dealkylation sites (tertiary alicyclic amines) is 1. The van der Waals surface area contributed by atoms with Crippen LogP contribution in [0.5, 0.6) is 5.75 Å². The zero-order chi connectivity index (χ0) is 23.0. The van der Waals surface area contributed by atoms with Gasteiger partial charge in [0.25, 0.3) is 0 Å². The standard InChI is InChI=1S/C27H30ClN3O2/c1-33-24-6-4-5-20(19-24)12-16-31-17-13-22(14-18-31)27(32)30-26(25-7-2-3-15-29-25)21-8-10-23(28)11-9-21/h2-11,15,19,22,26H,12-14,16-18H2,1H3,(H,30,32). The zero-order valence-corrected chi connectivity index (χ0v) is 19.7. The summed E-state index contributed by atoms with van der Waals surface area (Å²) in [6.07, 6.45) is 4.45. The summed E-state index contributed by atoms with van der Waals surface area (Å²) >= 11 is 6.07. The van der Waals surface area contributed by atoms with Crippen LogP contribution in [0.1, 0.15) is 35.7 Å². The summed E-state index contributed by atoms with van der Waals surface area (Å²) in [5.41, 5.74) is 3.07. The summed E-state index contributed by atoms with van der Waals surface area (Å²) in [6, 6.07) is 21.3. The first-order valence-electron chi connectivity index (χ1n) is 11.4. The second kappa shape index (κ2) is 11.3. The van der Waals surface area contributed by atoms with Crippen molar-refractivity contribution >= 4 is 17.5 Å². The Morgan fingerprint density at radius 3 is 2.61 bits per heavy atom. The van der Waals surface area contributed by atoms with Crippen molar-refractivity contribution in [3.8, 4) is 5.75 Å². The lowest BCUT2D eigenvalue weighted by Crippen LogP contribution is -2.42. The van der Waals surface area contributed by atoms with Crippen molar-refractivity contribution in [3.63, 3.8) is 0 Å². The van der Waals surface area contributed by atoms with Crippen molar-refractivity contribution < 1.29 is 9.53 Å². The second-order valence-electron chi connectivity index (χ2n) is 8.47.